The first-order valence-corrected chi connectivity index (χ1v) is 19.2. The predicted octanol–water partition coefficient (Wildman–Crippen LogP) is 12.5. The molecule has 0 spiro atoms. The molecule has 0 amide bonds. The standard InChI is InChI=1S/C22H18Br2N2O2.2C12H8N2.2Cu/c1-13(25-17-7-3-5-15(23)9-17)19-11-20(22(28)12-21(19)27)14(2)26-18-8-4-6-16(24)10-18;2*1-3-9-5-6-10-4-2-8-14-12(10)11(9)13-7-1;;/h3-12,27-28H,1-2H3;2*1-8H;;. The van der Waals surface area contributed by atoms with E-state index in [4.69, 9.17) is 0 Å². The molecule has 8 nitrogen and oxygen atoms in total. The summed E-state index contributed by atoms with van der Waals surface area (Å²) < 4.78 is 1.85. The molecule has 9 rings (SSSR count). The summed E-state index contributed by atoms with van der Waals surface area (Å²) in [5, 5.41) is 25.2. The molecule has 0 fully saturated rings. The molecule has 12 heteroatoms. The molecule has 0 atom stereocenters. The summed E-state index contributed by atoms with van der Waals surface area (Å²) in [7, 11) is 0. The quantitative estimate of drug-likeness (QED) is 0.103. The third kappa shape index (κ3) is 10.6. The fraction of sp³-hybridized carbons (Fsp3) is 0.0435. The molecule has 2 N–H and O–H groups in total. The molecule has 5 aromatic carbocycles. The Labute approximate surface area is 373 Å². The monoisotopic (exact) mass is 986 g/mol. The Morgan fingerprint density at radius 1 is 0.431 bits per heavy atom. The molecule has 4 aromatic heterocycles. The molecule has 0 aliphatic rings. The van der Waals surface area contributed by atoms with E-state index >= 15 is 0 Å². The number of rotatable bonds is 4. The number of phenolic OH excluding ortho intramolecular Hbond substituents is 2. The molecule has 4 heterocycles. The van der Waals surface area contributed by atoms with Crippen LogP contribution in [-0.2, 0) is 34.1 Å². The summed E-state index contributed by atoms with van der Waals surface area (Å²) in [6.45, 7) is 3.63. The molecular formula is C46H34Br2Cu2N6O2. The van der Waals surface area contributed by atoms with Gasteiger partial charge in [-0.15, -0.1) is 0 Å². The van der Waals surface area contributed by atoms with E-state index in [0.29, 0.717) is 22.6 Å². The minimum absolute atomic E-state index is 0. The van der Waals surface area contributed by atoms with Gasteiger partial charge in [0.2, 0.25) is 0 Å². The van der Waals surface area contributed by atoms with E-state index in [0.717, 1.165) is 63.9 Å². The van der Waals surface area contributed by atoms with Crippen LogP contribution in [0.2, 0.25) is 0 Å². The van der Waals surface area contributed by atoms with Crippen molar-refractivity contribution in [2.75, 3.05) is 0 Å². The zero-order valence-corrected chi connectivity index (χ0v) is 36.0. The number of fused-ring (bicyclic) bond motifs is 6. The van der Waals surface area contributed by atoms with Crippen LogP contribution in [0.3, 0.4) is 0 Å². The Balaban J connectivity index is 0.000000178. The third-order valence-electron chi connectivity index (χ3n) is 8.79. The Morgan fingerprint density at radius 2 is 0.759 bits per heavy atom. The zero-order valence-electron chi connectivity index (χ0n) is 30.9. The number of pyridine rings is 4. The van der Waals surface area contributed by atoms with E-state index in [1.165, 1.54) is 6.07 Å². The summed E-state index contributed by atoms with van der Waals surface area (Å²) in [5.74, 6) is -0.0690. The van der Waals surface area contributed by atoms with Crippen LogP contribution in [-0.4, -0.2) is 41.6 Å². The van der Waals surface area contributed by atoms with Gasteiger partial charge >= 0.3 is 0 Å². The Morgan fingerprint density at radius 3 is 1.07 bits per heavy atom. The second-order valence-corrected chi connectivity index (χ2v) is 14.5. The van der Waals surface area contributed by atoms with Crippen molar-refractivity contribution >= 4 is 98.3 Å². The maximum atomic E-state index is 10.3. The average molecular weight is 990 g/mol. The average Bonchev–Trinajstić information content (AvgIpc) is 3.21. The molecule has 0 bridgehead atoms. The van der Waals surface area contributed by atoms with Crippen LogP contribution in [0.1, 0.15) is 25.0 Å². The molecular weight excluding hydrogens is 955 g/mol. The van der Waals surface area contributed by atoms with Crippen LogP contribution in [0.5, 0.6) is 11.5 Å². The van der Waals surface area contributed by atoms with E-state index < -0.39 is 0 Å². The van der Waals surface area contributed by atoms with Crippen molar-refractivity contribution < 1.29 is 44.4 Å². The summed E-state index contributed by atoms with van der Waals surface area (Å²) in [6.07, 6.45) is 7.21. The Kier molecular flexibility index (Phi) is 15.4. The van der Waals surface area contributed by atoms with Gasteiger partial charge in [0.25, 0.3) is 0 Å². The maximum Gasteiger partial charge on any atom is 0.128 e. The fourth-order valence-corrected chi connectivity index (χ4v) is 6.89. The summed E-state index contributed by atoms with van der Waals surface area (Å²) in [4.78, 5) is 26.5. The molecule has 0 saturated heterocycles. The van der Waals surface area contributed by atoms with E-state index in [-0.39, 0.29) is 45.6 Å². The molecule has 0 saturated carbocycles. The predicted molar refractivity (Wildman–Crippen MR) is 236 cm³/mol. The number of nitrogens with zero attached hydrogens (tertiary/aromatic N) is 6. The van der Waals surface area contributed by atoms with Crippen molar-refractivity contribution in [3.63, 3.8) is 0 Å². The number of hydrogen-bond donors (Lipinski definition) is 2. The second-order valence-electron chi connectivity index (χ2n) is 12.7. The minimum atomic E-state index is -0.0345. The van der Waals surface area contributed by atoms with Gasteiger partial charge in [0, 0.05) is 118 Å². The van der Waals surface area contributed by atoms with Crippen LogP contribution in [0.25, 0.3) is 43.6 Å². The van der Waals surface area contributed by atoms with Crippen molar-refractivity contribution in [3.05, 3.63) is 178 Å². The van der Waals surface area contributed by atoms with E-state index in [1.807, 2.05) is 86.6 Å². The van der Waals surface area contributed by atoms with Crippen LogP contribution in [0.4, 0.5) is 11.4 Å². The van der Waals surface area contributed by atoms with Gasteiger partial charge in [0.1, 0.15) is 11.5 Å². The minimum Gasteiger partial charge on any atom is -0.507 e. The first-order chi connectivity index (χ1) is 27.2. The number of aromatic nitrogens is 4. The summed E-state index contributed by atoms with van der Waals surface area (Å²) in [6, 6.07) is 42.5. The van der Waals surface area contributed by atoms with Gasteiger partial charge in [-0.2, -0.15) is 0 Å². The summed E-state index contributed by atoms with van der Waals surface area (Å²) >= 11 is 6.86. The van der Waals surface area contributed by atoms with Gasteiger partial charge in [0.05, 0.1) is 33.4 Å². The summed E-state index contributed by atoms with van der Waals surface area (Å²) in [5.41, 5.74) is 7.78. The number of halogens is 2. The van der Waals surface area contributed by atoms with E-state index in [2.05, 4.69) is 110 Å². The van der Waals surface area contributed by atoms with Gasteiger partial charge in [-0.05, 0) is 80.6 Å². The molecule has 0 aliphatic carbocycles. The van der Waals surface area contributed by atoms with E-state index in [1.54, 1.807) is 30.9 Å². The van der Waals surface area contributed by atoms with Gasteiger partial charge < -0.3 is 10.2 Å². The first-order valence-electron chi connectivity index (χ1n) is 17.6. The number of aliphatic imine (C=N–C) groups is 2. The maximum absolute atomic E-state index is 10.3. The third-order valence-corrected chi connectivity index (χ3v) is 9.78. The zero-order chi connectivity index (χ0) is 39.0. The van der Waals surface area contributed by atoms with Gasteiger partial charge in [-0.3, -0.25) is 29.9 Å². The van der Waals surface area contributed by atoms with Crippen LogP contribution >= 0.6 is 31.9 Å². The number of aromatic hydroxyl groups is 2. The molecule has 9 aromatic rings. The van der Waals surface area contributed by atoms with Crippen molar-refractivity contribution in [1.82, 2.24) is 19.9 Å². The molecule has 2 radical (unpaired) electrons. The van der Waals surface area contributed by atoms with E-state index in [9.17, 15) is 10.2 Å². The van der Waals surface area contributed by atoms with Crippen molar-refractivity contribution in [3.8, 4) is 11.5 Å². The van der Waals surface area contributed by atoms with Gasteiger partial charge in [0.15, 0.2) is 0 Å². The number of phenols is 2. The molecule has 296 valence electrons. The molecule has 0 unspecified atom stereocenters. The van der Waals surface area contributed by atoms with Crippen molar-refractivity contribution in [2.24, 2.45) is 9.98 Å². The SMILES string of the molecule is CC(=Nc1cccc(Br)c1)c1cc(C(C)=Nc2cccc(Br)c2)c(O)cc1O.[Cu].[Cu].c1cnc2c(c1)ccc1cccnc12.c1cnc2c(c1)ccc1cccnc12. The van der Waals surface area contributed by atoms with Crippen molar-refractivity contribution in [2.45, 2.75) is 13.8 Å². The first kappa shape index (κ1) is 43.8. The Hall–Kier alpha value is -5.32. The molecule has 58 heavy (non-hydrogen) atoms. The van der Waals surface area contributed by atoms with Crippen LogP contribution in [0, 0.1) is 0 Å². The number of benzene rings is 5. The topological polar surface area (TPSA) is 117 Å². The van der Waals surface area contributed by atoms with Crippen LogP contribution in [0.15, 0.2) is 177 Å². The van der Waals surface area contributed by atoms with Gasteiger partial charge in [-0.1, -0.05) is 92.5 Å². The van der Waals surface area contributed by atoms with Crippen LogP contribution < -0.4 is 0 Å². The van der Waals surface area contributed by atoms with Gasteiger partial charge in [-0.25, -0.2) is 0 Å². The van der Waals surface area contributed by atoms with Crippen molar-refractivity contribution in [1.29, 1.82) is 0 Å². The smallest absolute Gasteiger partial charge is 0.128 e. The fourth-order valence-electron chi connectivity index (χ4n) is 6.12. The normalized spacial score (nSPS) is 11.2. The number of hydrogen-bond acceptors (Lipinski definition) is 8. The molecule has 0 aliphatic heterocycles. The largest absolute Gasteiger partial charge is 0.507 e. The second kappa shape index (κ2) is 20.4. The Bertz CT molecular complexity index is 2620.